The molecule has 212 valence electrons. The fourth-order valence-corrected chi connectivity index (χ4v) is 4.14. The van der Waals surface area contributed by atoms with Crippen molar-refractivity contribution in [1.29, 1.82) is 0 Å². The van der Waals surface area contributed by atoms with Crippen LogP contribution in [0.3, 0.4) is 0 Å². The molecule has 0 saturated carbocycles. The number of aliphatic hydroxyl groups is 1. The van der Waals surface area contributed by atoms with E-state index in [-0.39, 0.29) is 12.4 Å². The minimum absolute atomic E-state index is 0.0250. The predicted molar refractivity (Wildman–Crippen MR) is 145 cm³/mol. The highest BCUT2D eigenvalue weighted by molar-refractivity contribution is 7.92. The largest absolute Gasteiger partial charge is 0.508 e. The standard InChI is InChI=1S/C27H40N2O8S/c1-21(30)37-20-24-17-23(10-11-26(24)31)27(32)18-28-12-4-3-5-13-35-14-7-15-36-19-22-8-6-9-25(16-22)29-38(2,33)34/h6,8-11,16-17,27-29,31-32H,3-5,7,12-15,18-20H2,1-2H3/t27-/m0/s1. The Bertz CT molecular complexity index is 1090. The molecule has 0 radical (unpaired) electrons. The van der Waals surface area contributed by atoms with Gasteiger partial charge in [0, 0.05) is 44.5 Å². The molecule has 2 aromatic rings. The molecular weight excluding hydrogens is 512 g/mol. The van der Waals surface area contributed by atoms with Crippen molar-refractivity contribution in [3.63, 3.8) is 0 Å². The number of aliphatic hydroxyl groups excluding tert-OH is 1. The second kappa shape index (κ2) is 17.0. The van der Waals surface area contributed by atoms with Crippen molar-refractivity contribution in [2.45, 2.75) is 51.9 Å². The smallest absolute Gasteiger partial charge is 0.302 e. The summed E-state index contributed by atoms with van der Waals surface area (Å²) in [5, 5.41) is 23.5. The Morgan fingerprint density at radius 1 is 0.974 bits per heavy atom. The zero-order valence-electron chi connectivity index (χ0n) is 22.1. The van der Waals surface area contributed by atoms with Gasteiger partial charge in [0.25, 0.3) is 0 Å². The average Bonchev–Trinajstić information content (AvgIpc) is 2.85. The van der Waals surface area contributed by atoms with Gasteiger partial charge in [-0.15, -0.1) is 0 Å². The average molecular weight is 553 g/mol. The number of phenolic OH excluding ortho intramolecular Hbond substituents is 1. The van der Waals surface area contributed by atoms with Crippen LogP contribution in [0.4, 0.5) is 5.69 Å². The summed E-state index contributed by atoms with van der Waals surface area (Å²) in [5.74, 6) is -0.407. The highest BCUT2D eigenvalue weighted by Crippen LogP contribution is 2.23. The number of aromatic hydroxyl groups is 1. The molecule has 0 bridgehead atoms. The number of sulfonamides is 1. The van der Waals surface area contributed by atoms with Crippen LogP contribution in [-0.4, -0.2) is 63.8 Å². The van der Waals surface area contributed by atoms with Gasteiger partial charge in [0.1, 0.15) is 12.4 Å². The summed E-state index contributed by atoms with van der Waals surface area (Å²) in [4.78, 5) is 11.0. The lowest BCUT2D eigenvalue weighted by molar-refractivity contribution is -0.142. The molecule has 2 rings (SSSR count). The zero-order valence-corrected chi connectivity index (χ0v) is 23.0. The van der Waals surface area contributed by atoms with Gasteiger partial charge in [-0.1, -0.05) is 18.2 Å². The Labute approximate surface area is 225 Å². The van der Waals surface area contributed by atoms with E-state index in [2.05, 4.69) is 10.0 Å². The molecule has 0 amide bonds. The highest BCUT2D eigenvalue weighted by Gasteiger charge is 2.11. The number of carbonyl (C=O) groups is 1. The van der Waals surface area contributed by atoms with Crippen LogP contribution in [0, 0.1) is 0 Å². The van der Waals surface area contributed by atoms with Gasteiger partial charge in [-0.05, 0) is 67.6 Å². The quantitative estimate of drug-likeness (QED) is 0.153. The molecule has 38 heavy (non-hydrogen) atoms. The number of phenols is 1. The Morgan fingerprint density at radius 3 is 2.50 bits per heavy atom. The minimum atomic E-state index is -3.30. The minimum Gasteiger partial charge on any atom is -0.508 e. The third-order valence-corrected chi connectivity index (χ3v) is 6.08. The van der Waals surface area contributed by atoms with Crippen molar-refractivity contribution in [3.05, 3.63) is 59.2 Å². The van der Waals surface area contributed by atoms with Gasteiger partial charge >= 0.3 is 5.97 Å². The topological polar surface area (TPSA) is 143 Å². The van der Waals surface area contributed by atoms with Crippen LogP contribution in [0.25, 0.3) is 0 Å². The van der Waals surface area contributed by atoms with Gasteiger partial charge in [0.2, 0.25) is 10.0 Å². The number of benzene rings is 2. The van der Waals surface area contributed by atoms with Crippen LogP contribution in [0.1, 0.15) is 55.4 Å². The normalized spacial score (nSPS) is 12.3. The van der Waals surface area contributed by atoms with Crippen molar-refractivity contribution < 1.29 is 37.6 Å². The van der Waals surface area contributed by atoms with Gasteiger partial charge in [-0.2, -0.15) is 0 Å². The van der Waals surface area contributed by atoms with Crippen molar-refractivity contribution in [3.8, 4) is 5.75 Å². The maximum Gasteiger partial charge on any atom is 0.302 e. The Morgan fingerprint density at radius 2 is 1.74 bits per heavy atom. The first-order valence-corrected chi connectivity index (χ1v) is 14.6. The number of ether oxygens (including phenoxy) is 3. The van der Waals surface area contributed by atoms with E-state index < -0.39 is 22.1 Å². The fraction of sp³-hybridized carbons (Fsp3) is 0.519. The summed E-state index contributed by atoms with van der Waals surface area (Å²) in [5.41, 5.74) is 2.52. The third-order valence-electron chi connectivity index (χ3n) is 5.48. The van der Waals surface area contributed by atoms with Gasteiger partial charge < -0.3 is 29.7 Å². The van der Waals surface area contributed by atoms with Gasteiger partial charge in [-0.3, -0.25) is 9.52 Å². The van der Waals surface area contributed by atoms with E-state index in [1.807, 2.05) is 6.07 Å². The SMILES string of the molecule is CC(=O)OCc1cc([C@@H](O)CNCCCCCOCCCOCc2cccc(NS(C)(=O)=O)c2)ccc1O. The van der Waals surface area contributed by atoms with Crippen LogP contribution < -0.4 is 10.0 Å². The van der Waals surface area contributed by atoms with E-state index in [0.717, 1.165) is 44.0 Å². The second-order valence-corrected chi connectivity index (χ2v) is 10.8. The van der Waals surface area contributed by atoms with Crippen LogP contribution >= 0.6 is 0 Å². The number of esters is 1. The molecule has 1 atom stereocenters. The summed E-state index contributed by atoms with van der Waals surface area (Å²) in [6, 6.07) is 11.9. The molecule has 0 spiro atoms. The molecule has 0 unspecified atom stereocenters. The van der Waals surface area contributed by atoms with E-state index in [1.54, 1.807) is 30.3 Å². The highest BCUT2D eigenvalue weighted by atomic mass is 32.2. The molecule has 0 fully saturated rings. The molecule has 0 saturated heterocycles. The second-order valence-electron chi connectivity index (χ2n) is 9.04. The summed E-state index contributed by atoms with van der Waals surface area (Å²) in [6.07, 6.45) is 4.07. The molecule has 0 aliphatic carbocycles. The number of anilines is 1. The first-order chi connectivity index (χ1) is 18.1. The summed E-state index contributed by atoms with van der Waals surface area (Å²) in [7, 11) is -3.30. The van der Waals surface area contributed by atoms with Crippen LogP contribution in [0.2, 0.25) is 0 Å². The number of hydrogen-bond acceptors (Lipinski definition) is 9. The van der Waals surface area contributed by atoms with Crippen LogP contribution in [-0.2, 0) is 42.2 Å². The zero-order chi connectivity index (χ0) is 27.8. The fourth-order valence-electron chi connectivity index (χ4n) is 3.59. The number of hydrogen-bond donors (Lipinski definition) is 4. The number of carbonyl (C=O) groups excluding carboxylic acids is 1. The van der Waals surface area contributed by atoms with Gasteiger partial charge in [0.05, 0.1) is 19.0 Å². The maximum absolute atomic E-state index is 11.3. The molecule has 0 heterocycles. The lowest BCUT2D eigenvalue weighted by Gasteiger charge is -2.14. The molecule has 10 nitrogen and oxygen atoms in total. The monoisotopic (exact) mass is 552 g/mol. The van der Waals surface area contributed by atoms with E-state index in [0.29, 0.717) is 49.8 Å². The Kier molecular flexibility index (Phi) is 14.1. The summed E-state index contributed by atoms with van der Waals surface area (Å²) < 4.78 is 41.3. The van der Waals surface area contributed by atoms with Crippen LogP contribution in [0.15, 0.2) is 42.5 Å². The van der Waals surface area contributed by atoms with Gasteiger partial charge in [-0.25, -0.2) is 8.42 Å². The number of nitrogens with one attached hydrogen (secondary N) is 2. The molecule has 2 aromatic carbocycles. The molecule has 11 heteroatoms. The summed E-state index contributed by atoms with van der Waals surface area (Å²) >= 11 is 0. The molecule has 0 aliphatic heterocycles. The third kappa shape index (κ3) is 13.7. The summed E-state index contributed by atoms with van der Waals surface area (Å²) in [6.45, 7) is 4.68. The lowest BCUT2D eigenvalue weighted by atomic mass is 10.1. The number of rotatable bonds is 19. The van der Waals surface area contributed by atoms with Gasteiger partial charge in [0.15, 0.2) is 0 Å². The lowest BCUT2D eigenvalue weighted by Crippen LogP contribution is -2.22. The first-order valence-electron chi connectivity index (χ1n) is 12.7. The van der Waals surface area contributed by atoms with Crippen molar-refractivity contribution in [1.82, 2.24) is 5.32 Å². The molecular formula is C27H40N2O8S. The Balaban J connectivity index is 1.46. The van der Waals surface area contributed by atoms with E-state index >= 15 is 0 Å². The first kappa shape index (κ1) is 31.5. The Hall–Kier alpha value is -2.70. The molecule has 0 aliphatic rings. The van der Waals surface area contributed by atoms with E-state index in [1.165, 1.54) is 13.0 Å². The van der Waals surface area contributed by atoms with Crippen molar-refractivity contribution >= 4 is 21.7 Å². The van der Waals surface area contributed by atoms with E-state index in [4.69, 9.17) is 14.2 Å². The number of unbranched alkanes of at least 4 members (excludes halogenated alkanes) is 2. The van der Waals surface area contributed by atoms with Crippen molar-refractivity contribution in [2.24, 2.45) is 0 Å². The van der Waals surface area contributed by atoms with E-state index in [9.17, 15) is 23.4 Å². The van der Waals surface area contributed by atoms with Crippen LogP contribution in [0.5, 0.6) is 5.75 Å². The molecule has 4 N–H and O–H groups in total. The predicted octanol–water partition coefficient (Wildman–Crippen LogP) is 3.24. The van der Waals surface area contributed by atoms with Crippen molar-refractivity contribution in [2.75, 3.05) is 43.9 Å². The maximum atomic E-state index is 11.3. The molecule has 0 aromatic heterocycles.